The predicted octanol–water partition coefficient (Wildman–Crippen LogP) is 3.31. The van der Waals surface area contributed by atoms with E-state index in [2.05, 4.69) is 4.98 Å². The first kappa shape index (κ1) is 11.3. The molecule has 4 nitrogen and oxygen atoms in total. The van der Waals surface area contributed by atoms with Gasteiger partial charge in [0, 0.05) is 11.5 Å². The number of hydrogen-bond acceptors (Lipinski definition) is 4. The molecule has 3 N–H and O–H groups in total. The highest BCUT2D eigenvalue weighted by molar-refractivity contribution is 5.79. The smallest absolute Gasteiger partial charge is 0.220 e. The van der Waals surface area contributed by atoms with Gasteiger partial charge in [-0.2, -0.15) is 0 Å². The number of fused-ring (bicyclic) bond motifs is 1. The molecule has 1 aromatic heterocycles. The summed E-state index contributed by atoms with van der Waals surface area (Å²) in [6, 6.07) is 16.2. The van der Waals surface area contributed by atoms with Crippen molar-refractivity contribution in [3.63, 3.8) is 0 Å². The first-order valence-corrected chi connectivity index (χ1v) is 5.85. The zero-order chi connectivity index (χ0) is 13.2. The SMILES string of the molecule is Nc1cccc(O)c1Oc1ccc2ccccc2n1. The fraction of sp³-hybridized carbons (Fsp3) is 0. The number of nitrogen functional groups attached to an aromatic ring is 1. The topological polar surface area (TPSA) is 68.4 Å². The molecular formula is C15H12N2O2. The Bertz CT molecular complexity index is 721. The van der Waals surface area contributed by atoms with Crippen molar-refractivity contribution in [1.82, 2.24) is 4.98 Å². The van der Waals surface area contributed by atoms with Crippen LogP contribution in [0.25, 0.3) is 10.9 Å². The van der Waals surface area contributed by atoms with Crippen molar-refractivity contribution in [1.29, 1.82) is 0 Å². The van der Waals surface area contributed by atoms with Gasteiger partial charge in [0.25, 0.3) is 0 Å². The third-order valence-electron chi connectivity index (χ3n) is 2.80. The number of phenols is 1. The Balaban J connectivity index is 2.01. The Kier molecular flexibility index (Phi) is 2.68. The predicted molar refractivity (Wildman–Crippen MR) is 74.3 cm³/mol. The number of ether oxygens (including phenoxy) is 1. The summed E-state index contributed by atoms with van der Waals surface area (Å²) in [4.78, 5) is 4.36. The Morgan fingerprint density at radius 1 is 0.947 bits per heavy atom. The fourth-order valence-corrected chi connectivity index (χ4v) is 1.86. The molecule has 0 fully saturated rings. The molecule has 0 atom stereocenters. The fourth-order valence-electron chi connectivity index (χ4n) is 1.86. The van der Waals surface area contributed by atoms with Crippen LogP contribution in [0.4, 0.5) is 5.69 Å². The molecule has 0 saturated carbocycles. The molecule has 0 unspecified atom stereocenters. The summed E-state index contributed by atoms with van der Waals surface area (Å²) >= 11 is 0. The molecule has 3 aromatic rings. The number of nitrogens with zero attached hydrogens (tertiary/aromatic N) is 1. The lowest BCUT2D eigenvalue weighted by atomic mass is 10.2. The molecule has 0 radical (unpaired) electrons. The van der Waals surface area contributed by atoms with E-state index in [-0.39, 0.29) is 11.5 Å². The molecular weight excluding hydrogens is 240 g/mol. The maximum absolute atomic E-state index is 9.73. The van der Waals surface area contributed by atoms with Gasteiger partial charge in [-0.25, -0.2) is 4.98 Å². The highest BCUT2D eigenvalue weighted by atomic mass is 16.5. The van der Waals surface area contributed by atoms with Gasteiger partial charge < -0.3 is 15.6 Å². The number of para-hydroxylation sites is 2. The van der Waals surface area contributed by atoms with Crippen molar-refractivity contribution >= 4 is 16.6 Å². The summed E-state index contributed by atoms with van der Waals surface area (Å²) in [5, 5.41) is 10.8. The Morgan fingerprint density at radius 3 is 2.63 bits per heavy atom. The molecule has 2 aromatic carbocycles. The molecule has 0 amide bonds. The molecule has 0 aliphatic carbocycles. The van der Waals surface area contributed by atoms with E-state index in [1.54, 1.807) is 18.2 Å². The van der Waals surface area contributed by atoms with Gasteiger partial charge in [0.2, 0.25) is 5.88 Å². The van der Waals surface area contributed by atoms with Crippen molar-refractivity contribution in [2.24, 2.45) is 0 Å². The van der Waals surface area contributed by atoms with Gasteiger partial charge in [0.1, 0.15) is 0 Å². The first-order valence-electron chi connectivity index (χ1n) is 5.85. The van der Waals surface area contributed by atoms with Crippen molar-refractivity contribution in [3.05, 3.63) is 54.6 Å². The van der Waals surface area contributed by atoms with Gasteiger partial charge in [0.05, 0.1) is 11.2 Å². The summed E-state index contributed by atoms with van der Waals surface area (Å²) in [6.45, 7) is 0. The van der Waals surface area contributed by atoms with Crippen LogP contribution in [0.15, 0.2) is 54.6 Å². The standard InChI is InChI=1S/C15H12N2O2/c16-11-5-3-7-13(18)15(11)19-14-9-8-10-4-1-2-6-12(10)17-14/h1-9,18H,16H2. The summed E-state index contributed by atoms with van der Waals surface area (Å²) < 4.78 is 5.56. The van der Waals surface area contributed by atoms with Gasteiger partial charge in [-0.15, -0.1) is 0 Å². The van der Waals surface area contributed by atoms with Crippen LogP contribution in [0, 0.1) is 0 Å². The highest BCUT2D eigenvalue weighted by Gasteiger charge is 2.08. The summed E-state index contributed by atoms with van der Waals surface area (Å²) in [6.07, 6.45) is 0. The second kappa shape index (κ2) is 4.49. The van der Waals surface area contributed by atoms with Crippen LogP contribution in [0.5, 0.6) is 17.4 Å². The van der Waals surface area contributed by atoms with Crippen LogP contribution in [-0.4, -0.2) is 10.1 Å². The molecule has 3 rings (SSSR count). The van der Waals surface area contributed by atoms with E-state index in [9.17, 15) is 5.11 Å². The van der Waals surface area contributed by atoms with Gasteiger partial charge in [-0.3, -0.25) is 0 Å². The number of pyridine rings is 1. The lowest BCUT2D eigenvalue weighted by Gasteiger charge is -2.09. The molecule has 19 heavy (non-hydrogen) atoms. The highest BCUT2D eigenvalue weighted by Crippen LogP contribution is 2.35. The van der Waals surface area contributed by atoms with Crippen LogP contribution in [0.3, 0.4) is 0 Å². The normalized spacial score (nSPS) is 10.5. The van der Waals surface area contributed by atoms with Crippen LogP contribution >= 0.6 is 0 Å². The number of benzene rings is 2. The van der Waals surface area contributed by atoms with E-state index in [1.807, 2.05) is 30.3 Å². The van der Waals surface area contributed by atoms with Gasteiger partial charge in [-0.1, -0.05) is 24.3 Å². The van der Waals surface area contributed by atoms with Gasteiger partial charge >= 0.3 is 0 Å². The third-order valence-corrected chi connectivity index (χ3v) is 2.80. The average Bonchev–Trinajstić information content (AvgIpc) is 2.43. The maximum Gasteiger partial charge on any atom is 0.220 e. The molecule has 4 heteroatoms. The Labute approximate surface area is 110 Å². The molecule has 0 spiro atoms. The van der Waals surface area contributed by atoms with Crippen LogP contribution in [0.1, 0.15) is 0 Å². The van der Waals surface area contributed by atoms with Crippen molar-refractivity contribution in [3.8, 4) is 17.4 Å². The average molecular weight is 252 g/mol. The van der Waals surface area contributed by atoms with E-state index in [1.165, 1.54) is 6.07 Å². The summed E-state index contributed by atoms with van der Waals surface area (Å²) in [5.74, 6) is 0.618. The number of aromatic hydroxyl groups is 1. The molecule has 0 aliphatic heterocycles. The Hall–Kier alpha value is -2.75. The van der Waals surface area contributed by atoms with E-state index in [4.69, 9.17) is 10.5 Å². The van der Waals surface area contributed by atoms with E-state index in [0.717, 1.165) is 10.9 Å². The van der Waals surface area contributed by atoms with Gasteiger partial charge in [-0.05, 0) is 24.3 Å². The van der Waals surface area contributed by atoms with E-state index in [0.29, 0.717) is 11.6 Å². The second-order valence-corrected chi connectivity index (χ2v) is 4.14. The quantitative estimate of drug-likeness (QED) is 0.686. The van der Waals surface area contributed by atoms with Crippen molar-refractivity contribution in [2.45, 2.75) is 0 Å². The largest absolute Gasteiger partial charge is 0.504 e. The number of phenolic OH excluding ortho intramolecular Hbond substituents is 1. The van der Waals surface area contributed by atoms with Crippen LogP contribution in [0.2, 0.25) is 0 Å². The summed E-state index contributed by atoms with van der Waals surface area (Å²) in [7, 11) is 0. The third kappa shape index (κ3) is 2.15. The van der Waals surface area contributed by atoms with E-state index >= 15 is 0 Å². The Morgan fingerprint density at radius 2 is 1.79 bits per heavy atom. The second-order valence-electron chi connectivity index (χ2n) is 4.14. The molecule has 0 saturated heterocycles. The van der Waals surface area contributed by atoms with Crippen molar-refractivity contribution in [2.75, 3.05) is 5.73 Å². The number of hydrogen-bond donors (Lipinski definition) is 2. The lowest BCUT2D eigenvalue weighted by Crippen LogP contribution is -1.94. The van der Waals surface area contributed by atoms with Gasteiger partial charge in [0.15, 0.2) is 11.5 Å². The zero-order valence-electron chi connectivity index (χ0n) is 10.1. The van der Waals surface area contributed by atoms with Crippen molar-refractivity contribution < 1.29 is 9.84 Å². The number of anilines is 1. The lowest BCUT2D eigenvalue weighted by molar-refractivity contribution is 0.405. The number of nitrogens with two attached hydrogens (primary N) is 1. The van der Waals surface area contributed by atoms with Crippen LogP contribution < -0.4 is 10.5 Å². The number of aromatic nitrogens is 1. The minimum atomic E-state index is -0.00467. The van der Waals surface area contributed by atoms with Crippen LogP contribution in [-0.2, 0) is 0 Å². The molecule has 1 heterocycles. The maximum atomic E-state index is 9.73. The molecule has 94 valence electrons. The zero-order valence-corrected chi connectivity index (χ0v) is 10.1. The number of rotatable bonds is 2. The summed E-state index contributed by atoms with van der Waals surface area (Å²) in [5.41, 5.74) is 6.97. The minimum absolute atomic E-state index is 0.00467. The van der Waals surface area contributed by atoms with E-state index < -0.39 is 0 Å². The molecule has 0 bridgehead atoms. The minimum Gasteiger partial charge on any atom is -0.504 e. The molecule has 0 aliphatic rings. The first-order chi connectivity index (χ1) is 9.24. The monoisotopic (exact) mass is 252 g/mol.